The normalized spacial score (nSPS) is 17.4. The van der Waals surface area contributed by atoms with Gasteiger partial charge in [-0.2, -0.15) is 4.31 Å². The van der Waals surface area contributed by atoms with Gasteiger partial charge in [-0.3, -0.25) is 4.79 Å². The molecule has 0 saturated carbocycles. The van der Waals surface area contributed by atoms with E-state index < -0.39 is 21.9 Å². The second-order valence-corrected chi connectivity index (χ2v) is 9.19. The second-order valence-electron chi connectivity index (χ2n) is 7.30. The van der Waals surface area contributed by atoms with Gasteiger partial charge in [-0.25, -0.2) is 17.8 Å². The van der Waals surface area contributed by atoms with Crippen LogP contribution in [0.2, 0.25) is 0 Å². The second kappa shape index (κ2) is 8.53. The van der Waals surface area contributed by atoms with Crippen LogP contribution in [-0.4, -0.2) is 47.3 Å². The predicted octanol–water partition coefficient (Wildman–Crippen LogP) is 2.54. The van der Waals surface area contributed by atoms with Crippen LogP contribution in [0.15, 0.2) is 59.8 Å². The highest BCUT2D eigenvalue weighted by atomic mass is 32.2. The SMILES string of the molecule is O=C(NCCCn1cnc2ccccc21)C1CCCN1S(=O)(=O)c1ccc(F)cc1. The van der Waals surface area contributed by atoms with Crippen molar-refractivity contribution in [2.45, 2.75) is 36.7 Å². The van der Waals surface area contributed by atoms with Crippen LogP contribution in [-0.2, 0) is 21.4 Å². The molecule has 1 fully saturated rings. The summed E-state index contributed by atoms with van der Waals surface area (Å²) in [6.45, 7) is 1.41. The van der Waals surface area contributed by atoms with Gasteiger partial charge < -0.3 is 9.88 Å². The van der Waals surface area contributed by atoms with Crippen molar-refractivity contribution >= 4 is 27.0 Å². The number of fused-ring (bicyclic) bond motifs is 1. The van der Waals surface area contributed by atoms with E-state index in [1.54, 1.807) is 6.33 Å². The van der Waals surface area contributed by atoms with Gasteiger partial charge in [0.15, 0.2) is 0 Å². The zero-order valence-corrected chi connectivity index (χ0v) is 17.2. The van der Waals surface area contributed by atoms with Gasteiger partial charge >= 0.3 is 0 Å². The lowest BCUT2D eigenvalue weighted by molar-refractivity contribution is -0.124. The van der Waals surface area contributed by atoms with Gasteiger partial charge in [0.2, 0.25) is 15.9 Å². The number of aromatic nitrogens is 2. The molecule has 1 atom stereocenters. The fourth-order valence-electron chi connectivity index (χ4n) is 3.80. The number of amides is 1. The number of rotatable bonds is 7. The number of sulfonamides is 1. The molecule has 1 aromatic heterocycles. The van der Waals surface area contributed by atoms with Crippen LogP contribution < -0.4 is 5.32 Å². The summed E-state index contributed by atoms with van der Waals surface area (Å²) in [7, 11) is -3.85. The maximum Gasteiger partial charge on any atom is 0.243 e. The lowest BCUT2D eigenvalue weighted by Crippen LogP contribution is -2.46. The van der Waals surface area contributed by atoms with Crippen LogP contribution >= 0.6 is 0 Å². The van der Waals surface area contributed by atoms with E-state index in [-0.39, 0.29) is 17.3 Å². The Kier molecular flexibility index (Phi) is 5.83. The number of carbonyl (C=O) groups excluding carboxylic acids is 1. The van der Waals surface area contributed by atoms with Crippen molar-refractivity contribution < 1.29 is 17.6 Å². The molecule has 1 unspecified atom stereocenters. The van der Waals surface area contributed by atoms with Crippen molar-refractivity contribution in [3.05, 3.63) is 60.7 Å². The molecule has 7 nitrogen and oxygen atoms in total. The van der Waals surface area contributed by atoms with Crippen molar-refractivity contribution in [1.82, 2.24) is 19.2 Å². The summed E-state index contributed by atoms with van der Waals surface area (Å²) in [5.41, 5.74) is 1.96. The summed E-state index contributed by atoms with van der Waals surface area (Å²) < 4.78 is 42.2. The minimum absolute atomic E-state index is 0.00409. The average molecular weight is 431 g/mol. The Labute approximate surface area is 174 Å². The Morgan fingerprint density at radius 1 is 1.17 bits per heavy atom. The van der Waals surface area contributed by atoms with Crippen molar-refractivity contribution in [3.8, 4) is 0 Å². The highest BCUT2D eigenvalue weighted by Crippen LogP contribution is 2.26. The number of benzene rings is 2. The summed E-state index contributed by atoms with van der Waals surface area (Å²) in [6.07, 6.45) is 3.56. The van der Waals surface area contributed by atoms with Crippen molar-refractivity contribution in [2.24, 2.45) is 0 Å². The predicted molar refractivity (Wildman–Crippen MR) is 111 cm³/mol. The van der Waals surface area contributed by atoms with Crippen LogP contribution in [0.4, 0.5) is 4.39 Å². The fraction of sp³-hybridized carbons (Fsp3) is 0.333. The molecular weight excluding hydrogens is 407 g/mol. The largest absolute Gasteiger partial charge is 0.355 e. The van der Waals surface area contributed by atoms with Gasteiger partial charge in [0.25, 0.3) is 0 Å². The van der Waals surface area contributed by atoms with E-state index in [4.69, 9.17) is 0 Å². The summed E-state index contributed by atoms with van der Waals surface area (Å²) in [5.74, 6) is -0.802. The minimum atomic E-state index is -3.85. The van der Waals surface area contributed by atoms with Crippen LogP contribution in [0.25, 0.3) is 11.0 Å². The van der Waals surface area contributed by atoms with Crippen molar-refractivity contribution in [3.63, 3.8) is 0 Å². The first kappa shape index (κ1) is 20.5. The molecule has 1 amide bonds. The number of carbonyl (C=O) groups is 1. The van der Waals surface area contributed by atoms with Crippen LogP contribution in [0.1, 0.15) is 19.3 Å². The molecule has 158 valence electrons. The smallest absolute Gasteiger partial charge is 0.243 e. The average Bonchev–Trinajstić information content (AvgIpc) is 3.39. The molecule has 30 heavy (non-hydrogen) atoms. The third kappa shape index (κ3) is 4.08. The molecule has 2 aromatic carbocycles. The number of para-hydroxylation sites is 2. The molecule has 1 saturated heterocycles. The van der Waals surface area contributed by atoms with E-state index in [9.17, 15) is 17.6 Å². The Hall–Kier alpha value is -2.78. The maximum absolute atomic E-state index is 13.1. The van der Waals surface area contributed by atoms with Gasteiger partial charge in [-0.15, -0.1) is 0 Å². The lowest BCUT2D eigenvalue weighted by atomic mass is 10.2. The number of hydrogen-bond acceptors (Lipinski definition) is 4. The van der Waals surface area contributed by atoms with Gasteiger partial charge in [-0.05, 0) is 55.7 Å². The number of nitrogens with zero attached hydrogens (tertiary/aromatic N) is 3. The number of halogens is 1. The fourth-order valence-corrected chi connectivity index (χ4v) is 5.46. The van der Waals surface area contributed by atoms with Gasteiger partial charge in [0.1, 0.15) is 11.9 Å². The third-order valence-corrected chi connectivity index (χ3v) is 7.25. The monoisotopic (exact) mass is 430 g/mol. The molecular formula is C21H23FN4O3S. The summed E-state index contributed by atoms with van der Waals surface area (Å²) in [4.78, 5) is 17.0. The maximum atomic E-state index is 13.1. The highest BCUT2D eigenvalue weighted by molar-refractivity contribution is 7.89. The number of aryl methyl sites for hydroxylation is 1. The molecule has 4 rings (SSSR count). The van der Waals surface area contributed by atoms with E-state index >= 15 is 0 Å². The topological polar surface area (TPSA) is 84.3 Å². The molecule has 3 aromatic rings. The van der Waals surface area contributed by atoms with Crippen LogP contribution in [0.3, 0.4) is 0 Å². The molecule has 1 N–H and O–H groups in total. The standard InChI is InChI=1S/C21H23FN4O3S/c22-16-8-10-17(11-9-16)30(28,29)26-14-3-7-20(26)21(27)23-12-4-13-25-15-24-18-5-1-2-6-19(18)25/h1-2,5-6,8-11,15,20H,3-4,7,12-14H2,(H,23,27). The Morgan fingerprint density at radius 3 is 2.73 bits per heavy atom. The number of nitrogens with one attached hydrogen (secondary N) is 1. The quantitative estimate of drug-likeness (QED) is 0.584. The molecule has 2 heterocycles. The third-order valence-electron chi connectivity index (χ3n) is 5.33. The molecule has 1 aliphatic heterocycles. The van der Waals surface area contributed by atoms with Gasteiger partial charge in [0.05, 0.1) is 22.3 Å². The zero-order chi connectivity index (χ0) is 21.1. The highest BCUT2D eigenvalue weighted by Gasteiger charge is 2.39. The minimum Gasteiger partial charge on any atom is -0.355 e. The number of imidazole rings is 1. The van der Waals surface area contributed by atoms with Crippen molar-refractivity contribution in [2.75, 3.05) is 13.1 Å². The molecule has 0 bridgehead atoms. The summed E-state index contributed by atoms with van der Waals surface area (Å²) in [6, 6.07) is 11.8. The summed E-state index contributed by atoms with van der Waals surface area (Å²) in [5, 5.41) is 2.86. The Morgan fingerprint density at radius 2 is 1.93 bits per heavy atom. The van der Waals surface area contributed by atoms with Gasteiger partial charge in [0, 0.05) is 19.6 Å². The molecule has 1 aliphatic rings. The van der Waals surface area contributed by atoms with E-state index in [1.165, 1.54) is 16.4 Å². The number of hydrogen-bond donors (Lipinski definition) is 1. The first-order chi connectivity index (χ1) is 14.5. The van der Waals surface area contributed by atoms with Crippen molar-refractivity contribution in [1.29, 1.82) is 0 Å². The first-order valence-corrected chi connectivity index (χ1v) is 11.4. The molecule has 0 spiro atoms. The Bertz CT molecular complexity index is 1140. The summed E-state index contributed by atoms with van der Waals surface area (Å²) >= 11 is 0. The zero-order valence-electron chi connectivity index (χ0n) is 16.4. The van der Waals surface area contributed by atoms with E-state index in [0.29, 0.717) is 32.4 Å². The molecule has 0 radical (unpaired) electrons. The van der Waals surface area contributed by atoms with E-state index in [0.717, 1.165) is 23.2 Å². The lowest BCUT2D eigenvalue weighted by Gasteiger charge is -2.23. The Balaban J connectivity index is 1.35. The van der Waals surface area contributed by atoms with Crippen LogP contribution in [0, 0.1) is 5.82 Å². The first-order valence-electron chi connectivity index (χ1n) is 9.92. The van der Waals surface area contributed by atoms with Crippen LogP contribution in [0.5, 0.6) is 0 Å². The van der Waals surface area contributed by atoms with Gasteiger partial charge in [-0.1, -0.05) is 12.1 Å². The molecule has 9 heteroatoms. The van der Waals surface area contributed by atoms with E-state index in [2.05, 4.69) is 10.3 Å². The van der Waals surface area contributed by atoms with E-state index in [1.807, 2.05) is 28.8 Å². The molecule has 0 aliphatic carbocycles.